The van der Waals surface area contributed by atoms with E-state index >= 15 is 0 Å². The Kier molecular flexibility index (Phi) is 6.36. The van der Waals surface area contributed by atoms with E-state index in [9.17, 15) is 5.11 Å². The third kappa shape index (κ3) is 4.50. The summed E-state index contributed by atoms with van der Waals surface area (Å²) in [6, 6.07) is 5.16. The van der Waals surface area contributed by atoms with Crippen LogP contribution in [0, 0.1) is 20.8 Å². The second kappa shape index (κ2) is 8.77. The topological polar surface area (TPSA) is 119 Å². The van der Waals surface area contributed by atoms with Crippen LogP contribution in [0.3, 0.4) is 0 Å². The van der Waals surface area contributed by atoms with Crippen LogP contribution in [-0.2, 0) is 0 Å². The van der Waals surface area contributed by atoms with Crippen LogP contribution in [0.2, 0.25) is 5.02 Å². The molecule has 1 aromatic carbocycles. The Morgan fingerprint density at radius 2 is 2.03 bits per heavy atom. The summed E-state index contributed by atoms with van der Waals surface area (Å²) in [5.74, 6) is 1.91. The Balaban J connectivity index is 2.01. The van der Waals surface area contributed by atoms with Crippen molar-refractivity contribution in [3.8, 4) is 28.4 Å². The lowest BCUT2D eigenvalue weighted by molar-refractivity contribution is 0.108. The molecular formula is C20H24ClN5O3. The lowest BCUT2D eigenvalue weighted by atomic mass is 10.1. The molecule has 4 N–H and O–H groups in total. The Hall–Kier alpha value is -2.68. The predicted molar refractivity (Wildman–Crippen MR) is 112 cm³/mol. The molecule has 29 heavy (non-hydrogen) atoms. The number of nitrogens with one attached hydrogen (secondary N) is 1. The molecule has 1 unspecified atom stereocenters. The molecule has 8 nitrogen and oxygen atoms in total. The average molecular weight is 418 g/mol. The number of nitrogen functional groups attached to an aromatic ring is 1. The smallest absolute Gasteiger partial charge is 0.163 e. The Morgan fingerprint density at radius 3 is 2.69 bits per heavy atom. The maximum atomic E-state index is 9.84. The summed E-state index contributed by atoms with van der Waals surface area (Å²) >= 11 is 6.41. The van der Waals surface area contributed by atoms with E-state index in [1.807, 2.05) is 20.8 Å². The van der Waals surface area contributed by atoms with Gasteiger partial charge in [-0.2, -0.15) is 0 Å². The molecule has 0 radical (unpaired) electrons. The maximum absolute atomic E-state index is 9.84. The van der Waals surface area contributed by atoms with Gasteiger partial charge in [-0.25, -0.2) is 9.97 Å². The van der Waals surface area contributed by atoms with Crippen molar-refractivity contribution < 1.29 is 14.4 Å². The van der Waals surface area contributed by atoms with Gasteiger partial charge in [0.05, 0.1) is 22.0 Å². The van der Waals surface area contributed by atoms with Crippen molar-refractivity contribution >= 4 is 17.4 Å². The number of halogens is 1. The van der Waals surface area contributed by atoms with Crippen molar-refractivity contribution in [2.45, 2.75) is 26.9 Å². The summed E-state index contributed by atoms with van der Waals surface area (Å²) in [6.45, 7) is 6.10. The number of anilines is 1. The van der Waals surface area contributed by atoms with E-state index < -0.39 is 6.10 Å². The van der Waals surface area contributed by atoms with Gasteiger partial charge in [0.15, 0.2) is 5.82 Å². The van der Waals surface area contributed by atoms with Gasteiger partial charge in [0.2, 0.25) is 0 Å². The summed E-state index contributed by atoms with van der Waals surface area (Å²) in [6.07, 6.45) is -0.628. The fourth-order valence-corrected chi connectivity index (χ4v) is 3.17. The van der Waals surface area contributed by atoms with E-state index in [-0.39, 0.29) is 6.61 Å². The lowest BCUT2D eigenvalue weighted by Crippen LogP contribution is -2.29. The first-order chi connectivity index (χ1) is 13.8. The third-order valence-corrected chi connectivity index (χ3v) is 4.84. The van der Waals surface area contributed by atoms with Crippen molar-refractivity contribution in [1.82, 2.24) is 20.4 Å². The average Bonchev–Trinajstić information content (AvgIpc) is 3.02. The minimum atomic E-state index is -0.628. The number of aliphatic hydroxyl groups is 1. The number of nitrogens with zero attached hydrogens (tertiary/aromatic N) is 3. The first-order valence-corrected chi connectivity index (χ1v) is 9.52. The van der Waals surface area contributed by atoms with Crippen LogP contribution in [0.5, 0.6) is 5.75 Å². The minimum absolute atomic E-state index is 0.142. The fraction of sp³-hybridized carbons (Fsp3) is 0.350. The highest BCUT2D eigenvalue weighted by Gasteiger charge is 2.20. The van der Waals surface area contributed by atoms with E-state index in [1.165, 1.54) is 0 Å². The van der Waals surface area contributed by atoms with Crippen LogP contribution in [0.4, 0.5) is 5.82 Å². The standard InChI is InChI=1S/C20H24ClN5O3/c1-10-18(17-11(2)26-29-12(17)3)24-20(25-19(10)22)15-7-14(5-6-16(15)21)28-9-13(27)8-23-4/h5-7,13,23,27H,8-9H2,1-4H3,(H2,22,24,25). The molecule has 0 saturated carbocycles. The van der Waals surface area contributed by atoms with Gasteiger partial charge in [-0.05, 0) is 46.0 Å². The number of aromatic nitrogens is 3. The Bertz CT molecular complexity index is 1000. The highest BCUT2D eigenvalue weighted by molar-refractivity contribution is 6.33. The van der Waals surface area contributed by atoms with Crippen molar-refractivity contribution in [2.75, 3.05) is 25.9 Å². The predicted octanol–water partition coefficient (Wildman–Crippen LogP) is 2.92. The summed E-state index contributed by atoms with van der Waals surface area (Å²) in [5, 5.41) is 17.2. The molecule has 2 aromatic heterocycles. The summed E-state index contributed by atoms with van der Waals surface area (Å²) in [4.78, 5) is 9.12. The van der Waals surface area contributed by atoms with Gasteiger partial charge in [0.1, 0.15) is 30.0 Å². The third-order valence-electron chi connectivity index (χ3n) is 4.51. The van der Waals surface area contributed by atoms with Crippen LogP contribution >= 0.6 is 11.6 Å². The zero-order valence-electron chi connectivity index (χ0n) is 16.8. The Morgan fingerprint density at radius 1 is 1.28 bits per heavy atom. The number of hydrogen-bond acceptors (Lipinski definition) is 8. The van der Waals surface area contributed by atoms with Crippen LogP contribution in [0.15, 0.2) is 22.7 Å². The van der Waals surface area contributed by atoms with Gasteiger partial charge in [-0.15, -0.1) is 0 Å². The van der Waals surface area contributed by atoms with E-state index in [0.717, 1.165) is 16.8 Å². The number of aryl methyl sites for hydroxylation is 2. The van der Waals surface area contributed by atoms with Crippen LogP contribution in [0.1, 0.15) is 17.0 Å². The maximum Gasteiger partial charge on any atom is 0.163 e. The van der Waals surface area contributed by atoms with E-state index in [4.69, 9.17) is 31.6 Å². The van der Waals surface area contributed by atoms with Gasteiger partial charge >= 0.3 is 0 Å². The first kappa shape index (κ1) is 21.0. The fourth-order valence-electron chi connectivity index (χ4n) is 2.97. The molecule has 154 valence electrons. The molecular weight excluding hydrogens is 394 g/mol. The SMILES string of the molecule is CNCC(O)COc1ccc(Cl)c(-c2nc(N)c(C)c(-c3c(C)noc3C)n2)c1. The molecule has 9 heteroatoms. The number of rotatable bonds is 7. The number of nitrogens with two attached hydrogens (primary N) is 1. The Labute approximate surface area is 174 Å². The monoisotopic (exact) mass is 417 g/mol. The van der Waals surface area contributed by atoms with Gasteiger partial charge < -0.3 is 25.4 Å². The lowest BCUT2D eigenvalue weighted by Gasteiger charge is -2.14. The number of benzene rings is 1. The van der Waals surface area contributed by atoms with Crippen molar-refractivity contribution in [1.29, 1.82) is 0 Å². The largest absolute Gasteiger partial charge is 0.491 e. The van der Waals surface area contributed by atoms with Crippen LogP contribution in [0.25, 0.3) is 22.6 Å². The molecule has 2 heterocycles. The first-order valence-electron chi connectivity index (χ1n) is 9.14. The van der Waals surface area contributed by atoms with Gasteiger partial charge in [0, 0.05) is 17.7 Å². The second-order valence-corrected chi connectivity index (χ2v) is 7.18. The number of likely N-dealkylation sites (N-methyl/N-ethyl adjacent to an activating group) is 1. The molecule has 3 aromatic rings. The van der Waals surface area contributed by atoms with Gasteiger partial charge in [-0.3, -0.25) is 0 Å². The summed E-state index contributed by atoms with van der Waals surface area (Å²) < 4.78 is 11.0. The zero-order valence-corrected chi connectivity index (χ0v) is 17.5. The highest BCUT2D eigenvalue weighted by atomic mass is 35.5. The van der Waals surface area contributed by atoms with E-state index in [2.05, 4.69) is 15.5 Å². The van der Waals surface area contributed by atoms with Crippen molar-refractivity contribution in [3.05, 3.63) is 40.2 Å². The molecule has 1 atom stereocenters. The summed E-state index contributed by atoms with van der Waals surface area (Å²) in [7, 11) is 1.76. The van der Waals surface area contributed by atoms with E-state index in [0.29, 0.717) is 46.0 Å². The normalized spacial score (nSPS) is 12.2. The van der Waals surface area contributed by atoms with Crippen molar-refractivity contribution in [2.24, 2.45) is 0 Å². The molecule has 0 aliphatic heterocycles. The number of hydrogen-bond donors (Lipinski definition) is 3. The second-order valence-electron chi connectivity index (χ2n) is 6.77. The summed E-state index contributed by atoms with van der Waals surface area (Å²) in [5.41, 5.74) is 9.64. The molecule has 0 amide bonds. The molecule has 0 fully saturated rings. The van der Waals surface area contributed by atoms with E-state index in [1.54, 1.807) is 25.2 Å². The molecule has 0 aliphatic rings. The van der Waals surface area contributed by atoms with Crippen molar-refractivity contribution in [3.63, 3.8) is 0 Å². The van der Waals surface area contributed by atoms with Gasteiger partial charge in [-0.1, -0.05) is 16.8 Å². The molecule has 0 spiro atoms. The number of ether oxygens (including phenoxy) is 1. The quantitative estimate of drug-likeness (QED) is 0.536. The molecule has 3 rings (SSSR count). The van der Waals surface area contributed by atoms with Crippen LogP contribution < -0.4 is 15.8 Å². The zero-order chi connectivity index (χ0) is 21.1. The minimum Gasteiger partial charge on any atom is -0.491 e. The van der Waals surface area contributed by atoms with Gasteiger partial charge in [0.25, 0.3) is 0 Å². The number of aliphatic hydroxyl groups excluding tert-OH is 1. The molecule has 0 saturated heterocycles. The van der Waals surface area contributed by atoms with Crippen LogP contribution in [-0.4, -0.2) is 46.5 Å². The molecule has 0 aliphatic carbocycles. The molecule has 0 bridgehead atoms. The highest BCUT2D eigenvalue weighted by Crippen LogP contribution is 2.35.